The van der Waals surface area contributed by atoms with Gasteiger partial charge in [0.05, 0.1) is 17.7 Å². The molecule has 0 saturated carbocycles. The Morgan fingerprint density at radius 2 is 1.75 bits per heavy atom. The van der Waals surface area contributed by atoms with Crippen molar-refractivity contribution in [2.75, 3.05) is 6.61 Å². The van der Waals surface area contributed by atoms with Crippen molar-refractivity contribution in [2.24, 2.45) is 0 Å². The Kier molecular flexibility index (Phi) is 5.42. The second kappa shape index (κ2) is 7.50. The van der Waals surface area contributed by atoms with E-state index in [-0.39, 0.29) is 28.9 Å². The van der Waals surface area contributed by atoms with Crippen molar-refractivity contribution in [3.05, 3.63) is 47.5 Å². The molecule has 0 radical (unpaired) electrons. The average Bonchev–Trinajstić information content (AvgIpc) is 2.57. The van der Waals surface area contributed by atoms with Crippen molar-refractivity contribution in [2.45, 2.75) is 19.8 Å². The van der Waals surface area contributed by atoms with Gasteiger partial charge in [-0.2, -0.15) is 0 Å². The fourth-order valence-corrected chi connectivity index (χ4v) is 2.30. The van der Waals surface area contributed by atoms with Crippen LogP contribution in [-0.4, -0.2) is 33.9 Å². The first-order chi connectivity index (χ1) is 11.5. The molecule has 2 rings (SSSR count). The van der Waals surface area contributed by atoms with Gasteiger partial charge in [-0.3, -0.25) is 0 Å². The number of carbonyl (C=O) groups excluding carboxylic acids is 1. The van der Waals surface area contributed by atoms with Crippen LogP contribution in [0, 0.1) is 0 Å². The predicted octanol–water partition coefficient (Wildman–Crippen LogP) is 3.42. The van der Waals surface area contributed by atoms with Crippen LogP contribution in [0.1, 0.15) is 40.5 Å². The van der Waals surface area contributed by atoms with Gasteiger partial charge in [-0.25, -0.2) is 9.59 Å². The number of esters is 1. The third-order valence-corrected chi connectivity index (χ3v) is 3.53. The number of rotatable bonds is 6. The van der Waals surface area contributed by atoms with Crippen LogP contribution in [0.3, 0.4) is 0 Å². The number of hydrogen-bond acceptors (Lipinski definition) is 5. The summed E-state index contributed by atoms with van der Waals surface area (Å²) in [6, 6.07) is 8.40. The maximum atomic E-state index is 12.3. The van der Waals surface area contributed by atoms with E-state index in [0.29, 0.717) is 6.42 Å². The first-order valence-electron chi connectivity index (χ1n) is 7.52. The molecule has 0 spiro atoms. The van der Waals surface area contributed by atoms with Gasteiger partial charge in [0.15, 0.2) is 11.5 Å². The molecule has 2 aromatic rings. The van der Waals surface area contributed by atoms with Crippen LogP contribution >= 0.6 is 0 Å². The minimum Gasteiger partial charge on any atom is -0.504 e. The first kappa shape index (κ1) is 17.3. The van der Waals surface area contributed by atoms with Gasteiger partial charge in [-0.15, -0.1) is 0 Å². The Labute approximate surface area is 138 Å². The van der Waals surface area contributed by atoms with Crippen molar-refractivity contribution in [1.82, 2.24) is 0 Å². The minimum absolute atomic E-state index is 0.00453. The molecule has 6 nitrogen and oxygen atoms in total. The molecule has 0 aliphatic rings. The predicted molar refractivity (Wildman–Crippen MR) is 87.4 cm³/mol. The van der Waals surface area contributed by atoms with Crippen LogP contribution in [0.2, 0.25) is 0 Å². The number of carbonyl (C=O) groups is 2. The van der Waals surface area contributed by atoms with Crippen LogP contribution in [0.25, 0.3) is 11.1 Å². The zero-order valence-electron chi connectivity index (χ0n) is 13.2. The molecule has 0 amide bonds. The summed E-state index contributed by atoms with van der Waals surface area (Å²) in [5.74, 6) is -2.91. The molecule has 3 N–H and O–H groups in total. The highest BCUT2D eigenvalue weighted by Gasteiger charge is 2.23. The summed E-state index contributed by atoms with van der Waals surface area (Å²) in [6.45, 7) is 2.17. The van der Waals surface area contributed by atoms with Gasteiger partial charge in [-0.1, -0.05) is 31.5 Å². The van der Waals surface area contributed by atoms with E-state index in [1.165, 1.54) is 30.3 Å². The highest BCUT2D eigenvalue weighted by atomic mass is 16.5. The van der Waals surface area contributed by atoms with Crippen molar-refractivity contribution in [3.63, 3.8) is 0 Å². The van der Waals surface area contributed by atoms with E-state index in [1.54, 1.807) is 6.07 Å². The molecule has 0 aliphatic heterocycles. The van der Waals surface area contributed by atoms with Gasteiger partial charge in [0.2, 0.25) is 0 Å². The number of aromatic hydroxyl groups is 2. The summed E-state index contributed by atoms with van der Waals surface area (Å²) in [5.41, 5.74) is -0.0357. The quantitative estimate of drug-likeness (QED) is 0.426. The Morgan fingerprint density at radius 1 is 1.04 bits per heavy atom. The lowest BCUT2D eigenvalue weighted by molar-refractivity contribution is 0.0499. The minimum atomic E-state index is -1.21. The first-order valence-corrected chi connectivity index (χ1v) is 7.52. The maximum absolute atomic E-state index is 12.3. The number of phenols is 2. The van der Waals surface area contributed by atoms with Crippen LogP contribution in [0.5, 0.6) is 11.5 Å². The molecule has 0 unspecified atom stereocenters. The van der Waals surface area contributed by atoms with E-state index in [0.717, 1.165) is 6.42 Å². The summed E-state index contributed by atoms with van der Waals surface area (Å²) < 4.78 is 5.15. The monoisotopic (exact) mass is 330 g/mol. The van der Waals surface area contributed by atoms with Gasteiger partial charge in [-0.05, 0) is 24.6 Å². The molecule has 0 aromatic heterocycles. The Balaban J connectivity index is 2.59. The van der Waals surface area contributed by atoms with E-state index in [4.69, 9.17) is 4.74 Å². The van der Waals surface area contributed by atoms with Crippen LogP contribution in [-0.2, 0) is 4.74 Å². The van der Waals surface area contributed by atoms with Gasteiger partial charge < -0.3 is 20.1 Å². The topological polar surface area (TPSA) is 104 Å². The van der Waals surface area contributed by atoms with E-state index in [1.807, 2.05) is 6.92 Å². The summed E-state index contributed by atoms with van der Waals surface area (Å²) in [5, 5.41) is 29.3. The average molecular weight is 330 g/mol. The van der Waals surface area contributed by atoms with E-state index in [2.05, 4.69) is 0 Å². The largest absolute Gasteiger partial charge is 0.504 e. The van der Waals surface area contributed by atoms with Crippen LogP contribution in [0.4, 0.5) is 0 Å². The van der Waals surface area contributed by atoms with Crippen molar-refractivity contribution in [1.29, 1.82) is 0 Å². The number of carboxylic acid groups (broad SMARTS) is 1. The number of hydrogen-bond donors (Lipinski definition) is 3. The van der Waals surface area contributed by atoms with Crippen molar-refractivity contribution < 1.29 is 29.6 Å². The lowest BCUT2D eigenvalue weighted by atomic mass is 9.94. The van der Waals surface area contributed by atoms with E-state index in [9.17, 15) is 24.9 Å². The molecule has 0 bridgehead atoms. The fraction of sp³-hybridized carbons (Fsp3) is 0.222. The number of unbranched alkanes of at least 4 members (excludes halogenated alkanes) is 1. The number of ether oxygens (including phenoxy) is 1. The van der Waals surface area contributed by atoms with Crippen molar-refractivity contribution >= 4 is 11.9 Å². The van der Waals surface area contributed by atoms with Crippen LogP contribution in [0.15, 0.2) is 36.4 Å². The summed E-state index contributed by atoms with van der Waals surface area (Å²) in [7, 11) is 0. The number of benzene rings is 2. The van der Waals surface area contributed by atoms with Crippen LogP contribution < -0.4 is 0 Å². The Morgan fingerprint density at radius 3 is 2.42 bits per heavy atom. The van der Waals surface area contributed by atoms with Gasteiger partial charge in [0, 0.05) is 11.1 Å². The number of phenolic OH excluding ortho intramolecular Hbond substituents is 2. The van der Waals surface area contributed by atoms with E-state index >= 15 is 0 Å². The third-order valence-electron chi connectivity index (χ3n) is 3.53. The second-order valence-corrected chi connectivity index (χ2v) is 5.20. The molecule has 2 aromatic carbocycles. The molecular formula is C18H18O6. The standard InChI is InChI=1S/C18H18O6/c1-2-3-10-24-18(23)13-8-9-14(19)16(20)15(13)11-6-4-5-7-12(11)17(21)22/h4-9,19-20H,2-3,10H2,1H3,(H,21,22). The molecule has 0 heterocycles. The summed E-state index contributed by atoms with van der Waals surface area (Å²) >= 11 is 0. The molecule has 0 atom stereocenters. The molecule has 126 valence electrons. The zero-order chi connectivity index (χ0) is 17.7. The Bertz CT molecular complexity index is 766. The zero-order valence-corrected chi connectivity index (χ0v) is 13.2. The number of aromatic carboxylic acids is 1. The normalized spacial score (nSPS) is 10.4. The van der Waals surface area contributed by atoms with E-state index < -0.39 is 23.4 Å². The molecule has 0 saturated heterocycles. The smallest absolute Gasteiger partial charge is 0.338 e. The lowest BCUT2D eigenvalue weighted by Gasteiger charge is -2.14. The molecule has 0 aliphatic carbocycles. The van der Waals surface area contributed by atoms with Crippen molar-refractivity contribution in [3.8, 4) is 22.6 Å². The third kappa shape index (κ3) is 3.48. The number of carboxylic acids is 1. The Hall–Kier alpha value is -3.02. The highest BCUT2D eigenvalue weighted by Crippen LogP contribution is 2.40. The molecular weight excluding hydrogens is 312 g/mol. The van der Waals surface area contributed by atoms with Gasteiger partial charge in [0.25, 0.3) is 0 Å². The lowest BCUT2D eigenvalue weighted by Crippen LogP contribution is -2.09. The summed E-state index contributed by atoms with van der Waals surface area (Å²) in [4.78, 5) is 23.7. The summed E-state index contributed by atoms with van der Waals surface area (Å²) in [6.07, 6.45) is 1.54. The molecule has 24 heavy (non-hydrogen) atoms. The highest BCUT2D eigenvalue weighted by molar-refractivity contribution is 6.04. The fourth-order valence-electron chi connectivity index (χ4n) is 2.30. The molecule has 6 heteroatoms. The SMILES string of the molecule is CCCCOC(=O)c1ccc(O)c(O)c1-c1ccccc1C(=O)O. The van der Waals surface area contributed by atoms with Gasteiger partial charge >= 0.3 is 11.9 Å². The molecule has 0 fully saturated rings. The second-order valence-electron chi connectivity index (χ2n) is 5.20. The maximum Gasteiger partial charge on any atom is 0.338 e. The van der Waals surface area contributed by atoms with Gasteiger partial charge in [0.1, 0.15) is 0 Å².